The highest BCUT2D eigenvalue weighted by Crippen LogP contribution is 1.99. The lowest BCUT2D eigenvalue weighted by Crippen LogP contribution is -2.02. The van der Waals surface area contributed by atoms with Crippen molar-refractivity contribution < 1.29 is 0 Å². The molecule has 0 amide bonds. The van der Waals surface area contributed by atoms with Gasteiger partial charge in [0.25, 0.3) is 0 Å². The van der Waals surface area contributed by atoms with Gasteiger partial charge in [-0.05, 0) is 19.3 Å². The van der Waals surface area contributed by atoms with Gasteiger partial charge in [-0.1, -0.05) is 33.6 Å². The highest BCUT2D eigenvalue weighted by molar-refractivity contribution is 5.83. The summed E-state index contributed by atoms with van der Waals surface area (Å²) in [6.07, 6.45) is 3.85. The normalized spacial score (nSPS) is 12.6. The van der Waals surface area contributed by atoms with Crippen LogP contribution >= 0.6 is 0 Å². The molecule has 66 valence electrons. The Labute approximate surface area is 70.9 Å². The minimum absolute atomic E-state index is 0.622. The molecule has 0 N–H and O–H groups in total. The van der Waals surface area contributed by atoms with Crippen molar-refractivity contribution in [2.45, 2.75) is 47.0 Å². The molecule has 0 heterocycles. The molecule has 0 aliphatic heterocycles. The Hall–Kier alpha value is -0.330. The zero-order valence-corrected chi connectivity index (χ0v) is 8.35. The summed E-state index contributed by atoms with van der Waals surface area (Å²) in [5, 5.41) is 0. The van der Waals surface area contributed by atoms with Gasteiger partial charge in [0, 0.05) is 12.3 Å². The third-order valence-corrected chi connectivity index (χ3v) is 1.96. The molecule has 0 fully saturated rings. The van der Waals surface area contributed by atoms with Gasteiger partial charge in [-0.3, -0.25) is 4.99 Å². The quantitative estimate of drug-likeness (QED) is 0.427. The summed E-state index contributed by atoms with van der Waals surface area (Å²) in [5.41, 5.74) is 1.29. The fourth-order valence-corrected chi connectivity index (χ4v) is 0.800. The van der Waals surface area contributed by atoms with Crippen molar-refractivity contribution in [2.24, 2.45) is 10.9 Å². The van der Waals surface area contributed by atoms with Crippen LogP contribution in [0.25, 0.3) is 0 Å². The van der Waals surface area contributed by atoms with Crippen molar-refractivity contribution in [2.75, 3.05) is 6.54 Å². The number of unbranched alkanes of at least 4 members (excludes halogenated alkanes) is 2. The van der Waals surface area contributed by atoms with E-state index in [9.17, 15) is 0 Å². The summed E-state index contributed by atoms with van der Waals surface area (Å²) >= 11 is 0. The number of aliphatic imine (C=N–C) groups is 1. The van der Waals surface area contributed by atoms with Crippen LogP contribution in [0, 0.1) is 5.92 Å². The Kier molecular flexibility index (Phi) is 6.19. The van der Waals surface area contributed by atoms with Crippen molar-refractivity contribution in [3.05, 3.63) is 0 Å². The van der Waals surface area contributed by atoms with Crippen LogP contribution < -0.4 is 0 Å². The highest BCUT2D eigenvalue weighted by atomic mass is 14.7. The zero-order valence-electron chi connectivity index (χ0n) is 8.35. The van der Waals surface area contributed by atoms with E-state index in [4.69, 9.17) is 0 Å². The molecule has 0 spiro atoms. The van der Waals surface area contributed by atoms with Gasteiger partial charge < -0.3 is 0 Å². The van der Waals surface area contributed by atoms with Crippen molar-refractivity contribution >= 4 is 5.71 Å². The van der Waals surface area contributed by atoms with Crippen molar-refractivity contribution in [1.82, 2.24) is 0 Å². The van der Waals surface area contributed by atoms with Crippen LogP contribution in [0.1, 0.15) is 47.0 Å². The van der Waals surface area contributed by atoms with Crippen LogP contribution in [0.3, 0.4) is 0 Å². The van der Waals surface area contributed by atoms with E-state index in [1.165, 1.54) is 25.0 Å². The largest absolute Gasteiger partial charge is 0.294 e. The van der Waals surface area contributed by atoms with Gasteiger partial charge >= 0.3 is 0 Å². The molecule has 0 saturated heterocycles. The maximum absolute atomic E-state index is 4.48. The lowest BCUT2D eigenvalue weighted by atomic mass is 10.1. The lowest BCUT2D eigenvalue weighted by Gasteiger charge is -2.03. The maximum Gasteiger partial charge on any atom is 0.0388 e. The monoisotopic (exact) mass is 155 g/mol. The second-order valence-electron chi connectivity index (χ2n) is 3.38. The second-order valence-corrected chi connectivity index (χ2v) is 3.38. The second kappa shape index (κ2) is 6.38. The van der Waals surface area contributed by atoms with Gasteiger partial charge in [-0.25, -0.2) is 0 Å². The molecule has 0 bridgehead atoms. The first-order chi connectivity index (χ1) is 5.18. The minimum Gasteiger partial charge on any atom is -0.294 e. The van der Waals surface area contributed by atoms with Gasteiger partial charge in [-0.15, -0.1) is 0 Å². The highest BCUT2D eigenvalue weighted by Gasteiger charge is 1.95. The minimum atomic E-state index is 0.622. The van der Waals surface area contributed by atoms with E-state index >= 15 is 0 Å². The number of rotatable bonds is 5. The van der Waals surface area contributed by atoms with Crippen LogP contribution in [0.15, 0.2) is 4.99 Å². The molecule has 0 aromatic carbocycles. The van der Waals surface area contributed by atoms with Gasteiger partial charge in [-0.2, -0.15) is 0 Å². The molecule has 0 aromatic heterocycles. The molecular weight excluding hydrogens is 134 g/mol. The Morgan fingerprint density at radius 3 is 2.36 bits per heavy atom. The molecule has 0 aliphatic rings. The predicted octanol–water partition coefficient (Wildman–Crippen LogP) is 3.29. The molecule has 1 heteroatoms. The van der Waals surface area contributed by atoms with Crippen LogP contribution in [0.5, 0.6) is 0 Å². The molecule has 0 radical (unpaired) electrons. The fourth-order valence-electron chi connectivity index (χ4n) is 0.800. The summed E-state index contributed by atoms with van der Waals surface area (Å²) in [6, 6.07) is 0. The van der Waals surface area contributed by atoms with Crippen LogP contribution in [-0.2, 0) is 0 Å². The Morgan fingerprint density at radius 1 is 1.27 bits per heavy atom. The zero-order chi connectivity index (χ0) is 8.69. The number of hydrogen-bond donors (Lipinski definition) is 0. The third kappa shape index (κ3) is 6.08. The lowest BCUT2D eigenvalue weighted by molar-refractivity contribution is 0.722. The molecule has 0 aromatic rings. The molecule has 0 aliphatic carbocycles. The average molecular weight is 155 g/mol. The van der Waals surface area contributed by atoms with Crippen molar-refractivity contribution in [3.8, 4) is 0 Å². The third-order valence-electron chi connectivity index (χ3n) is 1.96. The average Bonchev–Trinajstić information content (AvgIpc) is 1.97. The SMILES string of the molecule is CCCCCN=C(C)C(C)C. The van der Waals surface area contributed by atoms with E-state index in [0.29, 0.717) is 5.92 Å². The number of nitrogens with zero attached hydrogens (tertiary/aromatic N) is 1. The summed E-state index contributed by atoms with van der Waals surface area (Å²) in [7, 11) is 0. The Balaban J connectivity index is 3.40. The molecule has 0 atom stereocenters. The maximum atomic E-state index is 4.48. The first-order valence-electron chi connectivity index (χ1n) is 4.69. The van der Waals surface area contributed by atoms with Gasteiger partial charge in [0.2, 0.25) is 0 Å². The van der Waals surface area contributed by atoms with E-state index in [-0.39, 0.29) is 0 Å². The molecule has 1 nitrogen and oxygen atoms in total. The smallest absolute Gasteiger partial charge is 0.0388 e. The molecular formula is C10H21N. The van der Waals surface area contributed by atoms with E-state index in [0.717, 1.165) is 6.54 Å². The molecule has 11 heavy (non-hydrogen) atoms. The number of hydrogen-bond acceptors (Lipinski definition) is 1. The van der Waals surface area contributed by atoms with Gasteiger partial charge in [0.1, 0.15) is 0 Å². The fraction of sp³-hybridized carbons (Fsp3) is 0.900. The Morgan fingerprint density at radius 2 is 1.91 bits per heavy atom. The van der Waals surface area contributed by atoms with Gasteiger partial charge in [0.15, 0.2) is 0 Å². The van der Waals surface area contributed by atoms with Crippen molar-refractivity contribution in [1.29, 1.82) is 0 Å². The predicted molar refractivity (Wildman–Crippen MR) is 52.3 cm³/mol. The van der Waals surface area contributed by atoms with Crippen LogP contribution in [0.2, 0.25) is 0 Å². The topological polar surface area (TPSA) is 12.4 Å². The van der Waals surface area contributed by atoms with Gasteiger partial charge in [0.05, 0.1) is 0 Å². The van der Waals surface area contributed by atoms with E-state index < -0.39 is 0 Å². The first-order valence-corrected chi connectivity index (χ1v) is 4.69. The first kappa shape index (κ1) is 10.7. The molecule has 0 unspecified atom stereocenters. The van der Waals surface area contributed by atoms with Crippen LogP contribution in [-0.4, -0.2) is 12.3 Å². The summed E-state index contributed by atoms with van der Waals surface area (Å²) in [6.45, 7) is 9.75. The van der Waals surface area contributed by atoms with Crippen molar-refractivity contribution in [3.63, 3.8) is 0 Å². The van der Waals surface area contributed by atoms with E-state index in [1.54, 1.807) is 0 Å². The standard InChI is InChI=1S/C10H21N/c1-5-6-7-8-11-10(4)9(2)3/h9H,5-8H2,1-4H3. The molecule has 0 saturated carbocycles. The van der Waals surface area contributed by atoms with E-state index in [2.05, 4.69) is 32.7 Å². The van der Waals surface area contributed by atoms with E-state index in [1.807, 2.05) is 0 Å². The Bertz CT molecular complexity index is 114. The summed E-state index contributed by atoms with van der Waals surface area (Å²) in [5.74, 6) is 0.622. The summed E-state index contributed by atoms with van der Waals surface area (Å²) < 4.78 is 0. The van der Waals surface area contributed by atoms with Crippen LogP contribution in [0.4, 0.5) is 0 Å². The summed E-state index contributed by atoms with van der Waals surface area (Å²) in [4.78, 5) is 4.48. The molecule has 0 rings (SSSR count).